The topological polar surface area (TPSA) is 28.3 Å². The number of fused-ring (bicyclic) bond motifs is 3. The highest BCUT2D eigenvalue weighted by Gasteiger charge is 2.52. The summed E-state index contributed by atoms with van der Waals surface area (Å²) in [6.07, 6.45) is 0.755. The molecule has 2 heterocycles. The van der Waals surface area contributed by atoms with Crippen molar-refractivity contribution in [1.29, 1.82) is 0 Å². The normalized spacial score (nSPS) is 17.2. The highest BCUT2D eigenvalue weighted by Crippen LogP contribution is 2.38. The van der Waals surface area contributed by atoms with E-state index in [-0.39, 0.29) is 17.6 Å². The van der Waals surface area contributed by atoms with E-state index in [1.165, 1.54) is 10.9 Å². The quantitative estimate of drug-likeness (QED) is 0.298. The Hall–Kier alpha value is -2.80. The van der Waals surface area contributed by atoms with Crippen LogP contribution in [0.2, 0.25) is 5.04 Å². The number of hydrogen-bond donors (Lipinski definition) is 1. The van der Waals surface area contributed by atoms with Crippen LogP contribution in [-0.2, 0) is 17.4 Å². The largest absolute Gasteiger partial charge is 0.401 e. The van der Waals surface area contributed by atoms with Gasteiger partial charge in [-0.15, -0.1) is 0 Å². The van der Waals surface area contributed by atoms with Crippen molar-refractivity contribution in [2.45, 2.75) is 57.7 Å². The molecule has 4 aromatic rings. The van der Waals surface area contributed by atoms with Gasteiger partial charge in [0.25, 0.3) is 14.2 Å². The number of aromatic nitrogens is 1. The summed E-state index contributed by atoms with van der Waals surface area (Å²) in [5, 5.41) is 2.88. The number of nitrogens with one attached hydrogen (secondary N) is 1. The summed E-state index contributed by atoms with van der Waals surface area (Å²) in [7, 11) is -3.03. The van der Waals surface area contributed by atoms with E-state index in [4.69, 9.17) is 4.43 Å². The third-order valence-electron chi connectivity index (χ3n) is 7.74. The van der Waals surface area contributed by atoms with Crippen molar-refractivity contribution >= 4 is 29.6 Å². The zero-order chi connectivity index (χ0) is 26.3. The van der Waals surface area contributed by atoms with E-state index < -0.39 is 20.8 Å². The zero-order valence-corrected chi connectivity index (χ0v) is 23.1. The van der Waals surface area contributed by atoms with Crippen LogP contribution in [0.4, 0.5) is 8.78 Å². The van der Waals surface area contributed by atoms with Crippen LogP contribution in [0.3, 0.4) is 0 Å². The third kappa shape index (κ3) is 4.90. The molecule has 0 fully saturated rings. The van der Waals surface area contributed by atoms with Crippen molar-refractivity contribution in [3.8, 4) is 0 Å². The molecule has 1 aliphatic heterocycles. The number of rotatable bonds is 7. The van der Waals surface area contributed by atoms with Crippen molar-refractivity contribution < 1.29 is 13.2 Å². The Bertz CT molecular complexity index is 1310. The average Bonchev–Trinajstić information content (AvgIpc) is 3.22. The third-order valence-corrected chi connectivity index (χ3v) is 12.7. The first-order valence-corrected chi connectivity index (χ1v) is 15.0. The average molecular weight is 519 g/mol. The molecule has 3 nitrogen and oxygen atoms in total. The van der Waals surface area contributed by atoms with E-state index in [2.05, 4.69) is 37.9 Å². The van der Waals surface area contributed by atoms with Crippen molar-refractivity contribution in [1.82, 2.24) is 9.88 Å². The Kier molecular flexibility index (Phi) is 6.86. The van der Waals surface area contributed by atoms with Crippen LogP contribution in [-0.4, -0.2) is 43.3 Å². The number of H-pyrrole nitrogens is 1. The summed E-state index contributed by atoms with van der Waals surface area (Å²) in [5.74, 6) is -3.00. The minimum absolute atomic E-state index is 0.0189. The second kappa shape index (κ2) is 9.82. The van der Waals surface area contributed by atoms with Crippen molar-refractivity contribution in [3.63, 3.8) is 0 Å². The molecule has 0 radical (unpaired) electrons. The van der Waals surface area contributed by atoms with Gasteiger partial charge < -0.3 is 9.41 Å². The second-order valence-electron chi connectivity index (χ2n) is 11.4. The fraction of sp³-hybridized carbons (Fsp3) is 0.355. The second-order valence-corrected chi connectivity index (χ2v) is 15.7. The molecule has 5 rings (SSSR count). The molecule has 1 aliphatic rings. The van der Waals surface area contributed by atoms with E-state index in [1.807, 2.05) is 84.6 Å². The summed E-state index contributed by atoms with van der Waals surface area (Å²) < 4.78 is 38.1. The molecule has 1 N–H and O–H groups in total. The predicted molar refractivity (Wildman–Crippen MR) is 150 cm³/mol. The van der Waals surface area contributed by atoms with Gasteiger partial charge >= 0.3 is 0 Å². The molecule has 6 heteroatoms. The number of benzene rings is 3. The Labute approximate surface area is 219 Å². The first-order valence-electron chi connectivity index (χ1n) is 13.1. The summed E-state index contributed by atoms with van der Waals surface area (Å²) in [5.41, 5.74) is 3.37. The fourth-order valence-electron chi connectivity index (χ4n) is 5.94. The number of alkyl halides is 2. The van der Waals surface area contributed by atoms with Gasteiger partial charge in [-0.25, -0.2) is 8.78 Å². The molecule has 0 spiro atoms. The standard InChI is InChI=1S/C31H36F2N2OSi/c1-23-19-27-26-17-11-12-18-28(26)34-29(27)20-35(23)21-31(32,33)22-36-37(30(2,3)4,24-13-7-5-8-14-24)25-15-9-6-10-16-25/h5-18,23,34H,19-22H2,1-4H3/t23-/m1/s1. The van der Waals surface area contributed by atoms with Crippen LogP contribution in [0, 0.1) is 0 Å². The molecule has 1 aromatic heterocycles. The maximum Gasteiger partial charge on any atom is 0.282 e. The molecule has 1 atom stereocenters. The summed E-state index contributed by atoms with van der Waals surface area (Å²) in [6.45, 7) is 7.93. The van der Waals surface area contributed by atoms with E-state index in [0.717, 1.165) is 28.0 Å². The van der Waals surface area contributed by atoms with E-state index >= 15 is 8.78 Å². The molecule has 37 heavy (non-hydrogen) atoms. The lowest BCUT2D eigenvalue weighted by atomic mass is 9.97. The Morgan fingerprint density at radius 3 is 2.05 bits per heavy atom. The summed E-state index contributed by atoms with van der Waals surface area (Å²) in [6, 6.07) is 28.2. The number of para-hydroxylation sites is 1. The molecular weight excluding hydrogens is 482 g/mol. The van der Waals surface area contributed by atoms with E-state index in [0.29, 0.717) is 6.54 Å². The number of nitrogens with zero attached hydrogens (tertiary/aromatic N) is 1. The monoisotopic (exact) mass is 518 g/mol. The van der Waals surface area contributed by atoms with Gasteiger partial charge in [0, 0.05) is 29.2 Å². The lowest BCUT2D eigenvalue weighted by Crippen LogP contribution is -2.67. The van der Waals surface area contributed by atoms with Gasteiger partial charge in [0.05, 0.1) is 13.2 Å². The van der Waals surface area contributed by atoms with Gasteiger partial charge in [0.15, 0.2) is 0 Å². The number of hydrogen-bond acceptors (Lipinski definition) is 2. The van der Waals surface area contributed by atoms with Crippen LogP contribution in [0.15, 0.2) is 84.9 Å². The number of aromatic amines is 1. The lowest BCUT2D eigenvalue weighted by molar-refractivity contribution is -0.0774. The van der Waals surface area contributed by atoms with Crippen molar-refractivity contribution in [2.75, 3.05) is 13.2 Å². The SMILES string of the molecule is C[C@@H]1Cc2c([nH]c3ccccc23)CN1CC(F)(F)CO[Si](c1ccccc1)(c1ccccc1)C(C)(C)C. The van der Waals surface area contributed by atoms with Gasteiger partial charge in [-0.3, -0.25) is 4.90 Å². The van der Waals surface area contributed by atoms with Crippen molar-refractivity contribution in [3.05, 3.63) is 96.2 Å². The van der Waals surface area contributed by atoms with E-state index in [9.17, 15) is 0 Å². The van der Waals surface area contributed by atoms with Crippen LogP contribution in [0.1, 0.15) is 39.0 Å². The fourth-order valence-corrected chi connectivity index (χ4v) is 10.5. The highest BCUT2D eigenvalue weighted by atomic mass is 28.4. The Balaban J connectivity index is 1.41. The van der Waals surface area contributed by atoms with Crippen LogP contribution in [0.25, 0.3) is 10.9 Å². The molecule has 0 bridgehead atoms. The Morgan fingerprint density at radius 1 is 0.892 bits per heavy atom. The summed E-state index contributed by atoms with van der Waals surface area (Å²) in [4.78, 5) is 5.36. The minimum atomic E-state index is -3.03. The molecular formula is C31H36F2N2OSi. The lowest BCUT2D eigenvalue weighted by Gasteiger charge is -2.44. The zero-order valence-electron chi connectivity index (χ0n) is 22.1. The molecule has 0 aliphatic carbocycles. The number of halogens is 2. The van der Waals surface area contributed by atoms with Crippen LogP contribution in [0.5, 0.6) is 0 Å². The van der Waals surface area contributed by atoms with Gasteiger partial charge in [-0.05, 0) is 40.4 Å². The van der Waals surface area contributed by atoms with Crippen LogP contribution < -0.4 is 10.4 Å². The summed E-state index contributed by atoms with van der Waals surface area (Å²) >= 11 is 0. The molecule has 3 aromatic carbocycles. The van der Waals surface area contributed by atoms with E-state index in [1.54, 1.807) is 0 Å². The maximum absolute atomic E-state index is 15.8. The van der Waals surface area contributed by atoms with Crippen LogP contribution >= 0.6 is 0 Å². The first kappa shape index (κ1) is 25.8. The predicted octanol–water partition coefficient (Wildman–Crippen LogP) is 6.13. The molecule has 0 saturated heterocycles. The van der Waals surface area contributed by atoms with Gasteiger partial charge in [0.1, 0.15) is 0 Å². The van der Waals surface area contributed by atoms with Gasteiger partial charge in [-0.1, -0.05) is 99.6 Å². The minimum Gasteiger partial charge on any atom is -0.401 e. The smallest absolute Gasteiger partial charge is 0.282 e. The Morgan fingerprint density at radius 2 is 1.46 bits per heavy atom. The highest BCUT2D eigenvalue weighted by molar-refractivity contribution is 6.99. The molecule has 0 saturated carbocycles. The van der Waals surface area contributed by atoms with Crippen molar-refractivity contribution in [2.24, 2.45) is 0 Å². The molecule has 0 amide bonds. The van der Waals surface area contributed by atoms with Gasteiger partial charge in [0.2, 0.25) is 0 Å². The maximum atomic E-state index is 15.8. The van der Waals surface area contributed by atoms with Gasteiger partial charge in [-0.2, -0.15) is 0 Å². The first-order chi connectivity index (χ1) is 17.6. The molecule has 194 valence electrons. The molecule has 0 unspecified atom stereocenters.